The zero-order chi connectivity index (χ0) is 15.4. The first kappa shape index (κ1) is 14.4. The Bertz CT molecular complexity index is 647. The molecule has 0 amide bonds. The van der Waals surface area contributed by atoms with Gasteiger partial charge in [-0.25, -0.2) is 0 Å². The number of oxime groups is 1. The molecule has 1 atom stereocenters. The first-order valence-electron chi connectivity index (χ1n) is 7.28. The van der Waals surface area contributed by atoms with Crippen molar-refractivity contribution in [3.8, 4) is 11.5 Å². The van der Waals surface area contributed by atoms with E-state index in [1.165, 1.54) is 5.56 Å². The lowest BCUT2D eigenvalue weighted by molar-refractivity contribution is 0.0859. The molecule has 0 aromatic heterocycles. The van der Waals surface area contributed by atoms with Gasteiger partial charge in [-0.15, -0.1) is 0 Å². The molecule has 0 radical (unpaired) electrons. The summed E-state index contributed by atoms with van der Waals surface area (Å²) in [7, 11) is 3.33. The summed E-state index contributed by atoms with van der Waals surface area (Å²) in [4.78, 5) is 5.56. The molecule has 0 aliphatic carbocycles. The zero-order valence-corrected chi connectivity index (χ0v) is 12.8. The molecule has 1 aliphatic heterocycles. The van der Waals surface area contributed by atoms with Crippen LogP contribution in [0.15, 0.2) is 53.7 Å². The molecule has 0 fully saturated rings. The predicted octanol–water partition coefficient (Wildman–Crippen LogP) is 3.44. The predicted molar refractivity (Wildman–Crippen MR) is 85.7 cm³/mol. The smallest absolute Gasteiger partial charge is 0.137 e. The van der Waals surface area contributed by atoms with Crippen molar-refractivity contribution in [3.63, 3.8) is 0 Å². The number of methoxy groups -OCH3 is 2. The molecule has 1 heterocycles. The van der Waals surface area contributed by atoms with Crippen LogP contribution in [0.3, 0.4) is 0 Å². The van der Waals surface area contributed by atoms with E-state index in [1.54, 1.807) is 14.2 Å². The first-order valence-corrected chi connectivity index (χ1v) is 7.28. The molecule has 0 saturated heterocycles. The topological polar surface area (TPSA) is 40.0 Å². The normalized spacial score (nSPS) is 16.8. The Hall–Kier alpha value is -2.49. The van der Waals surface area contributed by atoms with E-state index >= 15 is 0 Å². The van der Waals surface area contributed by atoms with Gasteiger partial charge in [0.2, 0.25) is 0 Å². The van der Waals surface area contributed by atoms with Crippen LogP contribution in [0.2, 0.25) is 0 Å². The number of rotatable bonds is 5. The summed E-state index contributed by atoms with van der Waals surface area (Å²) in [5.41, 5.74) is 3.29. The van der Waals surface area contributed by atoms with E-state index in [-0.39, 0.29) is 6.10 Å². The first-order chi connectivity index (χ1) is 10.8. The maximum atomic E-state index is 5.56. The van der Waals surface area contributed by atoms with Crippen molar-refractivity contribution in [2.45, 2.75) is 18.9 Å². The van der Waals surface area contributed by atoms with Crippen LogP contribution in [0.1, 0.15) is 17.5 Å². The molecule has 0 spiro atoms. The maximum Gasteiger partial charge on any atom is 0.137 e. The standard InChI is InChI=1S/C18H19NO3/c1-20-15-7-3-13(4-8-15)11-17-12-18(19-22-17)14-5-9-16(21-2)10-6-14/h3-10,17H,11-12H2,1-2H3/t17-/m1/s1. The molecule has 114 valence electrons. The molecule has 0 N–H and O–H groups in total. The fraction of sp³-hybridized carbons (Fsp3) is 0.278. The van der Waals surface area contributed by atoms with Gasteiger partial charge in [-0.05, 0) is 47.5 Å². The number of benzene rings is 2. The average molecular weight is 297 g/mol. The third-order valence-electron chi connectivity index (χ3n) is 3.78. The second-order valence-electron chi connectivity index (χ2n) is 5.25. The molecule has 2 aromatic carbocycles. The van der Waals surface area contributed by atoms with E-state index < -0.39 is 0 Å². The minimum atomic E-state index is 0.0884. The number of hydrogen-bond donors (Lipinski definition) is 0. The van der Waals surface area contributed by atoms with E-state index in [0.717, 1.165) is 35.6 Å². The highest BCUT2D eigenvalue weighted by molar-refractivity contribution is 6.01. The van der Waals surface area contributed by atoms with Gasteiger partial charge in [0, 0.05) is 12.8 Å². The molecule has 0 saturated carbocycles. The quantitative estimate of drug-likeness (QED) is 0.848. The second kappa shape index (κ2) is 6.52. The number of nitrogens with zero attached hydrogens (tertiary/aromatic N) is 1. The van der Waals surface area contributed by atoms with Crippen LogP contribution in [0.5, 0.6) is 11.5 Å². The highest BCUT2D eigenvalue weighted by atomic mass is 16.6. The Morgan fingerprint density at radius 1 is 0.955 bits per heavy atom. The van der Waals surface area contributed by atoms with E-state index in [0.29, 0.717) is 0 Å². The van der Waals surface area contributed by atoms with Crippen molar-refractivity contribution in [2.75, 3.05) is 14.2 Å². The number of hydrogen-bond acceptors (Lipinski definition) is 4. The van der Waals surface area contributed by atoms with Crippen molar-refractivity contribution < 1.29 is 14.3 Å². The van der Waals surface area contributed by atoms with Crippen LogP contribution in [-0.4, -0.2) is 26.0 Å². The minimum absolute atomic E-state index is 0.0884. The van der Waals surface area contributed by atoms with Gasteiger partial charge in [-0.2, -0.15) is 0 Å². The third-order valence-corrected chi connectivity index (χ3v) is 3.78. The summed E-state index contributed by atoms with van der Waals surface area (Å²) in [5, 5.41) is 4.22. The van der Waals surface area contributed by atoms with E-state index in [4.69, 9.17) is 14.3 Å². The molecule has 3 rings (SSSR count). The van der Waals surface area contributed by atoms with Gasteiger partial charge in [-0.3, -0.25) is 0 Å². The van der Waals surface area contributed by atoms with Crippen molar-refractivity contribution in [1.29, 1.82) is 0 Å². The molecule has 4 heteroatoms. The van der Waals surface area contributed by atoms with Crippen molar-refractivity contribution in [3.05, 3.63) is 59.7 Å². The van der Waals surface area contributed by atoms with E-state index in [9.17, 15) is 0 Å². The van der Waals surface area contributed by atoms with Crippen LogP contribution in [0.4, 0.5) is 0 Å². The van der Waals surface area contributed by atoms with Crippen molar-refractivity contribution >= 4 is 5.71 Å². The highest BCUT2D eigenvalue weighted by Gasteiger charge is 2.22. The minimum Gasteiger partial charge on any atom is -0.497 e. The van der Waals surface area contributed by atoms with Crippen molar-refractivity contribution in [1.82, 2.24) is 0 Å². The van der Waals surface area contributed by atoms with Crippen LogP contribution >= 0.6 is 0 Å². The Morgan fingerprint density at radius 2 is 1.55 bits per heavy atom. The van der Waals surface area contributed by atoms with Gasteiger partial charge in [0.05, 0.1) is 19.9 Å². The molecule has 22 heavy (non-hydrogen) atoms. The summed E-state index contributed by atoms with van der Waals surface area (Å²) < 4.78 is 10.3. The summed E-state index contributed by atoms with van der Waals surface area (Å²) in [6.07, 6.45) is 1.75. The van der Waals surface area contributed by atoms with Crippen LogP contribution in [0, 0.1) is 0 Å². The van der Waals surface area contributed by atoms with Gasteiger partial charge in [0.1, 0.15) is 17.6 Å². The Labute approximate surface area is 130 Å². The van der Waals surface area contributed by atoms with Crippen LogP contribution in [0.25, 0.3) is 0 Å². The molecule has 0 unspecified atom stereocenters. The van der Waals surface area contributed by atoms with Gasteiger partial charge in [0.25, 0.3) is 0 Å². The summed E-state index contributed by atoms with van der Waals surface area (Å²) in [6.45, 7) is 0. The van der Waals surface area contributed by atoms with Crippen molar-refractivity contribution in [2.24, 2.45) is 5.16 Å². The molecule has 4 nitrogen and oxygen atoms in total. The fourth-order valence-electron chi connectivity index (χ4n) is 2.52. The fourth-order valence-corrected chi connectivity index (χ4v) is 2.52. The largest absolute Gasteiger partial charge is 0.497 e. The molecular formula is C18H19NO3. The van der Waals surface area contributed by atoms with Gasteiger partial charge < -0.3 is 14.3 Å². The van der Waals surface area contributed by atoms with E-state index in [1.807, 2.05) is 36.4 Å². The highest BCUT2D eigenvalue weighted by Crippen LogP contribution is 2.22. The lowest BCUT2D eigenvalue weighted by Crippen LogP contribution is -2.11. The van der Waals surface area contributed by atoms with Crippen LogP contribution < -0.4 is 9.47 Å². The lowest BCUT2D eigenvalue weighted by Gasteiger charge is -2.08. The summed E-state index contributed by atoms with van der Waals surface area (Å²) >= 11 is 0. The molecular weight excluding hydrogens is 278 g/mol. The van der Waals surface area contributed by atoms with Gasteiger partial charge >= 0.3 is 0 Å². The second-order valence-corrected chi connectivity index (χ2v) is 5.25. The van der Waals surface area contributed by atoms with Crippen LogP contribution in [-0.2, 0) is 11.3 Å². The third kappa shape index (κ3) is 3.22. The summed E-state index contributed by atoms with van der Waals surface area (Å²) in [6, 6.07) is 16.0. The monoisotopic (exact) mass is 297 g/mol. The SMILES string of the molecule is COc1ccc(C[C@@H]2CC(c3ccc(OC)cc3)=NO2)cc1. The Kier molecular flexibility index (Phi) is 4.28. The maximum absolute atomic E-state index is 5.56. The van der Waals surface area contributed by atoms with E-state index in [2.05, 4.69) is 17.3 Å². The molecule has 1 aliphatic rings. The van der Waals surface area contributed by atoms with Gasteiger partial charge in [-0.1, -0.05) is 17.3 Å². The van der Waals surface area contributed by atoms with Gasteiger partial charge in [0.15, 0.2) is 0 Å². The molecule has 2 aromatic rings. The average Bonchev–Trinajstić information content (AvgIpc) is 3.04. The molecule has 0 bridgehead atoms. The Balaban J connectivity index is 1.60. The zero-order valence-electron chi connectivity index (χ0n) is 12.8. The summed E-state index contributed by atoms with van der Waals surface area (Å²) in [5.74, 6) is 1.71. The Morgan fingerprint density at radius 3 is 2.14 bits per heavy atom. The lowest BCUT2D eigenvalue weighted by atomic mass is 10.0. The number of ether oxygens (including phenoxy) is 2.